The van der Waals surface area contributed by atoms with E-state index in [1.54, 1.807) is 12.1 Å². The van der Waals surface area contributed by atoms with Gasteiger partial charge < -0.3 is 4.74 Å². The molecule has 158 valence electrons. The van der Waals surface area contributed by atoms with Crippen molar-refractivity contribution in [1.82, 2.24) is 4.90 Å². The van der Waals surface area contributed by atoms with Crippen LogP contribution in [0.1, 0.15) is 42.4 Å². The van der Waals surface area contributed by atoms with E-state index in [2.05, 4.69) is 6.08 Å². The fourth-order valence-electron chi connectivity index (χ4n) is 4.40. The van der Waals surface area contributed by atoms with E-state index in [-0.39, 0.29) is 24.8 Å². The topological polar surface area (TPSA) is 29.5 Å². The van der Waals surface area contributed by atoms with E-state index < -0.39 is 11.7 Å². The lowest BCUT2D eigenvalue weighted by Crippen LogP contribution is -2.52. The van der Waals surface area contributed by atoms with Gasteiger partial charge in [0.15, 0.2) is 0 Å². The number of fused-ring (bicyclic) bond motifs is 2. The molecule has 3 nitrogen and oxygen atoms in total. The zero-order chi connectivity index (χ0) is 21.1. The van der Waals surface area contributed by atoms with Crippen LogP contribution in [0.3, 0.4) is 0 Å². The molecule has 2 aromatic carbocycles. The summed E-state index contributed by atoms with van der Waals surface area (Å²) >= 11 is 0. The summed E-state index contributed by atoms with van der Waals surface area (Å²) in [5.74, 6) is 0. The van der Waals surface area contributed by atoms with Crippen LogP contribution in [0.15, 0.2) is 66.2 Å². The highest BCUT2D eigenvalue weighted by atomic mass is 19.4. The van der Waals surface area contributed by atoms with Crippen molar-refractivity contribution in [2.75, 3.05) is 0 Å². The SMILES string of the molecule is O=C(OCc1ccccc1)N1C2C=C(Cc3ccc(C(F)(F)F)cc3)CC1CCC2. The van der Waals surface area contributed by atoms with E-state index in [1.165, 1.54) is 5.57 Å². The Kier molecular flexibility index (Phi) is 5.84. The smallest absolute Gasteiger partial charge is 0.416 e. The zero-order valence-corrected chi connectivity index (χ0v) is 16.6. The van der Waals surface area contributed by atoms with Gasteiger partial charge in [-0.3, -0.25) is 4.90 Å². The highest BCUT2D eigenvalue weighted by Crippen LogP contribution is 2.35. The molecule has 1 fully saturated rings. The van der Waals surface area contributed by atoms with Crippen LogP contribution in [0.4, 0.5) is 18.0 Å². The molecule has 0 aliphatic carbocycles. The number of piperidine rings is 1. The number of nitrogens with zero attached hydrogens (tertiary/aromatic N) is 1. The van der Waals surface area contributed by atoms with Gasteiger partial charge in [-0.15, -0.1) is 0 Å². The molecule has 2 aromatic rings. The third-order valence-electron chi connectivity index (χ3n) is 5.84. The largest absolute Gasteiger partial charge is 0.445 e. The molecule has 0 saturated carbocycles. The number of hydrogen-bond donors (Lipinski definition) is 0. The number of carbonyl (C=O) groups excluding carboxylic acids is 1. The highest BCUT2D eigenvalue weighted by Gasteiger charge is 2.38. The lowest BCUT2D eigenvalue weighted by atomic mass is 9.83. The first kappa shape index (κ1) is 20.5. The molecular weight excluding hydrogens is 391 g/mol. The third-order valence-corrected chi connectivity index (χ3v) is 5.84. The van der Waals surface area contributed by atoms with Gasteiger partial charge >= 0.3 is 12.3 Å². The third kappa shape index (κ3) is 4.69. The molecule has 2 bridgehead atoms. The standard InChI is InChI=1S/C24H24F3NO2/c25-24(26,27)20-11-9-17(10-12-20)13-19-14-21-7-4-8-22(15-19)28(21)23(29)30-16-18-5-2-1-3-6-18/h1-3,5-6,9-12,14,21-22H,4,7-8,13,15-16H2. The van der Waals surface area contributed by atoms with E-state index >= 15 is 0 Å². The maximum Gasteiger partial charge on any atom is 0.416 e. The Morgan fingerprint density at radius 2 is 1.73 bits per heavy atom. The monoisotopic (exact) mass is 415 g/mol. The Morgan fingerprint density at radius 3 is 2.40 bits per heavy atom. The first-order valence-corrected chi connectivity index (χ1v) is 10.2. The van der Waals surface area contributed by atoms with Gasteiger partial charge in [0, 0.05) is 6.04 Å². The molecule has 1 amide bonds. The average molecular weight is 415 g/mol. The van der Waals surface area contributed by atoms with Gasteiger partial charge in [0.25, 0.3) is 0 Å². The zero-order valence-electron chi connectivity index (χ0n) is 16.6. The van der Waals surface area contributed by atoms with Crippen molar-refractivity contribution in [1.29, 1.82) is 0 Å². The van der Waals surface area contributed by atoms with Gasteiger partial charge in [0.05, 0.1) is 11.6 Å². The van der Waals surface area contributed by atoms with E-state index in [0.717, 1.165) is 48.9 Å². The Bertz CT molecular complexity index is 906. The van der Waals surface area contributed by atoms with Crippen LogP contribution in [0.25, 0.3) is 0 Å². The number of carbonyl (C=O) groups is 1. The number of benzene rings is 2. The second kappa shape index (κ2) is 8.54. The van der Waals surface area contributed by atoms with Crippen molar-refractivity contribution in [2.45, 2.75) is 57.0 Å². The lowest BCUT2D eigenvalue weighted by Gasteiger charge is -2.44. The highest BCUT2D eigenvalue weighted by molar-refractivity contribution is 5.69. The molecule has 2 atom stereocenters. The van der Waals surface area contributed by atoms with Gasteiger partial charge in [0.1, 0.15) is 6.61 Å². The lowest BCUT2D eigenvalue weighted by molar-refractivity contribution is -0.137. The van der Waals surface area contributed by atoms with Crippen molar-refractivity contribution in [3.8, 4) is 0 Å². The summed E-state index contributed by atoms with van der Waals surface area (Å²) in [6, 6.07) is 15.0. The van der Waals surface area contributed by atoms with E-state index in [9.17, 15) is 18.0 Å². The molecule has 0 radical (unpaired) electrons. The van der Waals surface area contributed by atoms with Crippen molar-refractivity contribution in [2.24, 2.45) is 0 Å². The average Bonchev–Trinajstić information content (AvgIpc) is 2.72. The summed E-state index contributed by atoms with van der Waals surface area (Å²) in [4.78, 5) is 14.6. The minimum absolute atomic E-state index is 0.00905. The second-order valence-electron chi connectivity index (χ2n) is 8.00. The summed E-state index contributed by atoms with van der Waals surface area (Å²) < 4.78 is 43.8. The number of amides is 1. The Labute approximate surface area is 174 Å². The van der Waals surface area contributed by atoms with Crippen LogP contribution in [0.2, 0.25) is 0 Å². The van der Waals surface area contributed by atoms with Gasteiger partial charge in [0.2, 0.25) is 0 Å². The molecule has 0 aromatic heterocycles. The Balaban J connectivity index is 1.42. The molecule has 2 aliphatic heterocycles. The summed E-state index contributed by atoms with van der Waals surface area (Å²) in [5.41, 5.74) is 2.35. The number of halogens is 3. The molecule has 30 heavy (non-hydrogen) atoms. The van der Waals surface area contributed by atoms with E-state index in [1.807, 2.05) is 35.2 Å². The van der Waals surface area contributed by atoms with E-state index in [4.69, 9.17) is 4.74 Å². The van der Waals surface area contributed by atoms with Crippen LogP contribution in [-0.4, -0.2) is 23.1 Å². The normalized spacial score (nSPS) is 21.2. The van der Waals surface area contributed by atoms with Crippen LogP contribution >= 0.6 is 0 Å². The van der Waals surface area contributed by atoms with E-state index in [0.29, 0.717) is 6.42 Å². The molecule has 4 rings (SSSR count). The van der Waals surface area contributed by atoms with Gasteiger partial charge in [-0.05, 0) is 55.4 Å². The summed E-state index contributed by atoms with van der Waals surface area (Å²) in [5, 5.41) is 0. The fraction of sp³-hybridized carbons (Fsp3) is 0.375. The summed E-state index contributed by atoms with van der Waals surface area (Å²) in [6.45, 7) is 0.248. The molecular formula is C24H24F3NO2. The molecule has 2 aliphatic rings. The Morgan fingerprint density at radius 1 is 1.00 bits per heavy atom. The molecule has 2 heterocycles. The van der Waals surface area contributed by atoms with Gasteiger partial charge in [-0.2, -0.15) is 13.2 Å². The predicted molar refractivity (Wildman–Crippen MR) is 108 cm³/mol. The first-order valence-electron chi connectivity index (χ1n) is 10.2. The predicted octanol–water partition coefficient (Wildman–Crippen LogP) is 6.14. The van der Waals surface area contributed by atoms with Crippen molar-refractivity contribution >= 4 is 6.09 Å². The van der Waals surface area contributed by atoms with Gasteiger partial charge in [-0.1, -0.05) is 54.1 Å². The van der Waals surface area contributed by atoms with Crippen LogP contribution in [-0.2, 0) is 23.9 Å². The van der Waals surface area contributed by atoms with Crippen molar-refractivity contribution < 1.29 is 22.7 Å². The van der Waals surface area contributed by atoms with Crippen molar-refractivity contribution in [3.63, 3.8) is 0 Å². The molecule has 6 heteroatoms. The maximum atomic E-state index is 12.8. The quantitative estimate of drug-likeness (QED) is 0.562. The summed E-state index contributed by atoms with van der Waals surface area (Å²) in [7, 11) is 0. The minimum atomic E-state index is -4.32. The minimum Gasteiger partial charge on any atom is -0.445 e. The molecule has 0 N–H and O–H groups in total. The number of ether oxygens (including phenoxy) is 1. The number of alkyl halides is 3. The van der Waals surface area contributed by atoms with Crippen molar-refractivity contribution in [3.05, 3.63) is 82.9 Å². The van der Waals surface area contributed by atoms with Crippen LogP contribution in [0, 0.1) is 0 Å². The van der Waals surface area contributed by atoms with Crippen LogP contribution in [0.5, 0.6) is 0 Å². The second-order valence-corrected chi connectivity index (χ2v) is 8.00. The summed E-state index contributed by atoms with van der Waals surface area (Å²) in [6.07, 6.45) is 1.70. The fourth-order valence-corrected chi connectivity index (χ4v) is 4.40. The Hall–Kier alpha value is -2.76. The molecule has 1 saturated heterocycles. The molecule has 2 unspecified atom stereocenters. The number of hydrogen-bond acceptors (Lipinski definition) is 2. The van der Waals surface area contributed by atoms with Gasteiger partial charge in [-0.25, -0.2) is 4.79 Å². The number of rotatable bonds is 4. The molecule has 0 spiro atoms. The first-order chi connectivity index (χ1) is 14.4. The van der Waals surface area contributed by atoms with Crippen LogP contribution < -0.4 is 0 Å². The maximum absolute atomic E-state index is 12.8.